The summed E-state index contributed by atoms with van der Waals surface area (Å²) in [6, 6.07) is 15.2. The minimum atomic E-state index is -4.67. The van der Waals surface area contributed by atoms with Crippen LogP contribution in [0.4, 0.5) is 5.69 Å². The maximum atomic E-state index is 11.6. The van der Waals surface area contributed by atoms with Crippen molar-refractivity contribution in [1.29, 1.82) is 0 Å². The number of fused-ring (bicyclic) bond motifs is 2. The van der Waals surface area contributed by atoms with Crippen LogP contribution >= 0.6 is 11.3 Å². The normalized spacial score (nSPS) is 13.2. The van der Waals surface area contributed by atoms with Crippen molar-refractivity contribution in [3.63, 3.8) is 0 Å². The molecule has 148 valence electrons. The Kier molecular flexibility index (Phi) is 4.71. The molecular formula is C18H12N2O6S3. The Labute approximate surface area is 169 Å². The first-order valence-electron chi connectivity index (χ1n) is 8.05. The summed E-state index contributed by atoms with van der Waals surface area (Å²) in [6.07, 6.45) is 0. The van der Waals surface area contributed by atoms with Gasteiger partial charge in [-0.2, -0.15) is 16.8 Å². The molecule has 4 rings (SSSR count). The molecule has 1 heterocycles. The molecule has 0 spiro atoms. The van der Waals surface area contributed by atoms with Gasteiger partial charge < -0.3 is 0 Å². The standard InChI is InChI=1S/C18H12N2O6S3/c21-28(22,23)12-6-8-18(29(24,25)26)15(10-12)19-11-5-7-14-17(9-11)27-16-4-2-1-3-13(16)20-14/h1-10H,(H,21,22,23)(H,24,25,26)/b19-11-. The third-order valence-corrected chi connectivity index (χ3v) is 6.89. The second-order valence-corrected chi connectivity index (χ2v) is 9.92. The summed E-state index contributed by atoms with van der Waals surface area (Å²) in [4.78, 5) is 8.39. The van der Waals surface area contributed by atoms with E-state index in [1.54, 1.807) is 18.2 Å². The minimum absolute atomic E-state index is 0.319. The average molecular weight is 449 g/mol. The smallest absolute Gasteiger partial charge is 0.282 e. The lowest BCUT2D eigenvalue weighted by Gasteiger charge is -2.07. The van der Waals surface area contributed by atoms with E-state index in [0.717, 1.165) is 33.3 Å². The van der Waals surface area contributed by atoms with Crippen molar-refractivity contribution < 1.29 is 25.9 Å². The van der Waals surface area contributed by atoms with Gasteiger partial charge in [0.15, 0.2) is 0 Å². The fraction of sp³-hybridized carbons (Fsp3) is 0. The number of nitrogens with zero attached hydrogens (tertiary/aromatic N) is 2. The largest absolute Gasteiger partial charge is 0.296 e. The van der Waals surface area contributed by atoms with Gasteiger partial charge in [-0.25, -0.2) is 9.98 Å². The van der Waals surface area contributed by atoms with E-state index in [1.165, 1.54) is 11.3 Å². The van der Waals surface area contributed by atoms with Crippen LogP contribution in [-0.2, 0) is 20.2 Å². The van der Waals surface area contributed by atoms with Crippen molar-refractivity contribution in [3.05, 3.63) is 66.0 Å². The van der Waals surface area contributed by atoms with E-state index in [-0.39, 0.29) is 5.69 Å². The lowest BCUT2D eigenvalue weighted by Crippen LogP contribution is -2.05. The van der Waals surface area contributed by atoms with Gasteiger partial charge in [-0.3, -0.25) is 9.11 Å². The monoisotopic (exact) mass is 448 g/mol. The molecule has 1 aliphatic heterocycles. The first-order valence-corrected chi connectivity index (χ1v) is 11.7. The summed E-state index contributed by atoms with van der Waals surface area (Å²) in [6.45, 7) is 0. The maximum absolute atomic E-state index is 11.6. The molecule has 0 saturated carbocycles. The van der Waals surface area contributed by atoms with Crippen molar-refractivity contribution >= 4 is 47.5 Å². The Morgan fingerprint density at radius 1 is 0.862 bits per heavy atom. The predicted octanol–water partition coefficient (Wildman–Crippen LogP) is 3.13. The van der Waals surface area contributed by atoms with Crippen LogP contribution in [0.5, 0.6) is 0 Å². The highest BCUT2D eigenvalue weighted by atomic mass is 32.2. The zero-order valence-corrected chi connectivity index (χ0v) is 16.9. The van der Waals surface area contributed by atoms with Crippen LogP contribution in [0.25, 0.3) is 20.8 Å². The molecule has 2 aliphatic rings. The molecule has 2 N–H and O–H groups in total. The summed E-state index contributed by atoms with van der Waals surface area (Å²) < 4.78 is 65.7. The van der Waals surface area contributed by atoms with Crippen molar-refractivity contribution in [2.24, 2.45) is 4.99 Å². The van der Waals surface area contributed by atoms with E-state index in [2.05, 4.69) is 9.98 Å². The number of hydrogen-bond acceptors (Lipinski definition) is 7. The molecule has 2 aromatic rings. The lowest BCUT2D eigenvalue weighted by atomic mass is 10.2. The van der Waals surface area contributed by atoms with E-state index in [4.69, 9.17) is 0 Å². The van der Waals surface area contributed by atoms with Crippen LogP contribution in [0, 0.1) is 0 Å². The van der Waals surface area contributed by atoms with Crippen LogP contribution in [0.3, 0.4) is 0 Å². The van der Waals surface area contributed by atoms with Gasteiger partial charge in [-0.05, 0) is 48.5 Å². The molecular weight excluding hydrogens is 436 g/mol. The molecule has 0 amide bonds. The van der Waals surface area contributed by atoms with E-state index < -0.39 is 30.0 Å². The van der Waals surface area contributed by atoms with Gasteiger partial charge in [0.2, 0.25) is 0 Å². The number of hydrogen-bond donors (Lipinski definition) is 2. The number of aromatic nitrogens is 1. The Morgan fingerprint density at radius 2 is 1.62 bits per heavy atom. The Morgan fingerprint density at radius 3 is 2.34 bits per heavy atom. The van der Waals surface area contributed by atoms with Crippen molar-refractivity contribution in [2.45, 2.75) is 9.79 Å². The molecule has 2 aromatic carbocycles. The van der Waals surface area contributed by atoms with Gasteiger partial charge in [-0.15, -0.1) is 11.3 Å². The quantitative estimate of drug-likeness (QED) is 0.363. The minimum Gasteiger partial charge on any atom is -0.282 e. The van der Waals surface area contributed by atoms with E-state index in [9.17, 15) is 25.9 Å². The van der Waals surface area contributed by atoms with Gasteiger partial charge in [0.1, 0.15) is 4.90 Å². The Bertz CT molecular complexity index is 1510. The molecule has 11 heteroatoms. The molecule has 0 aromatic heterocycles. The molecule has 1 aliphatic carbocycles. The van der Waals surface area contributed by atoms with E-state index >= 15 is 0 Å². The highest BCUT2D eigenvalue weighted by Crippen LogP contribution is 2.30. The van der Waals surface area contributed by atoms with E-state index in [0.29, 0.717) is 11.1 Å². The second kappa shape index (κ2) is 6.97. The number of rotatable bonds is 3. The van der Waals surface area contributed by atoms with Crippen LogP contribution in [0.1, 0.15) is 0 Å². The lowest BCUT2D eigenvalue weighted by molar-refractivity contribution is 0.478. The molecule has 29 heavy (non-hydrogen) atoms. The van der Waals surface area contributed by atoms with Crippen LogP contribution in [-0.4, -0.2) is 30.9 Å². The van der Waals surface area contributed by atoms with Crippen molar-refractivity contribution in [3.8, 4) is 10.6 Å². The molecule has 0 bridgehead atoms. The highest BCUT2D eigenvalue weighted by Gasteiger charge is 2.19. The molecule has 0 fully saturated rings. The predicted molar refractivity (Wildman–Crippen MR) is 108 cm³/mol. The summed E-state index contributed by atoms with van der Waals surface area (Å²) in [5.41, 5.74) is 1.24. The maximum Gasteiger partial charge on any atom is 0.296 e. The average Bonchev–Trinajstić information content (AvgIpc) is 2.64. The molecule has 0 saturated heterocycles. The second-order valence-electron chi connectivity index (χ2n) is 6.03. The fourth-order valence-electron chi connectivity index (χ4n) is 2.73. The van der Waals surface area contributed by atoms with Gasteiger partial charge in [0.05, 0.1) is 36.7 Å². The van der Waals surface area contributed by atoms with Crippen molar-refractivity contribution in [2.75, 3.05) is 0 Å². The Hall–Kier alpha value is -2.70. The summed E-state index contributed by atoms with van der Waals surface area (Å²) in [7, 11) is -9.25. The van der Waals surface area contributed by atoms with Crippen LogP contribution < -0.4 is 5.36 Å². The number of benzene rings is 3. The third kappa shape index (κ3) is 4.04. The van der Waals surface area contributed by atoms with Gasteiger partial charge in [-0.1, -0.05) is 12.1 Å². The zero-order valence-electron chi connectivity index (χ0n) is 14.4. The van der Waals surface area contributed by atoms with Crippen molar-refractivity contribution in [1.82, 2.24) is 4.98 Å². The molecule has 8 nitrogen and oxygen atoms in total. The molecule has 0 atom stereocenters. The van der Waals surface area contributed by atoms with Gasteiger partial charge in [0, 0.05) is 0 Å². The molecule has 0 radical (unpaired) electrons. The summed E-state index contributed by atoms with van der Waals surface area (Å²) >= 11 is 1.47. The summed E-state index contributed by atoms with van der Waals surface area (Å²) in [5.74, 6) is 0. The van der Waals surface area contributed by atoms with Gasteiger partial charge in [0.25, 0.3) is 20.2 Å². The first-order chi connectivity index (χ1) is 13.6. The SMILES string of the molecule is O=S(=O)(O)c1ccc(S(=O)(=O)O)c(/N=c2/ccc3nc4ccccc4sc-3c2)c1. The third-order valence-electron chi connectivity index (χ3n) is 4.03. The van der Waals surface area contributed by atoms with Crippen LogP contribution in [0.15, 0.2) is 75.4 Å². The van der Waals surface area contributed by atoms with Gasteiger partial charge >= 0.3 is 0 Å². The van der Waals surface area contributed by atoms with E-state index in [1.807, 2.05) is 24.3 Å². The first kappa shape index (κ1) is 19.6. The topological polar surface area (TPSA) is 134 Å². The molecule has 0 unspecified atom stereocenters. The zero-order chi connectivity index (χ0) is 20.8. The van der Waals surface area contributed by atoms with Crippen LogP contribution in [0.2, 0.25) is 0 Å². The fourth-order valence-corrected chi connectivity index (χ4v) is 4.84. The number of para-hydroxylation sites is 1. The summed E-state index contributed by atoms with van der Waals surface area (Å²) in [5, 5.41) is 0.322. The Balaban J connectivity index is 1.96. The highest BCUT2D eigenvalue weighted by molar-refractivity contribution is 7.86.